The van der Waals surface area contributed by atoms with Gasteiger partial charge in [0.1, 0.15) is 4.90 Å². The molecular weight excluding hydrogens is 318 g/mol. The van der Waals surface area contributed by atoms with Crippen LogP contribution in [0.3, 0.4) is 0 Å². The minimum absolute atomic E-state index is 0.00857. The van der Waals surface area contributed by atoms with Crippen LogP contribution in [0.2, 0.25) is 0 Å². The Morgan fingerprint density at radius 3 is 2.70 bits per heavy atom. The number of pyridine rings is 1. The van der Waals surface area contributed by atoms with Crippen LogP contribution in [0.25, 0.3) is 5.82 Å². The summed E-state index contributed by atoms with van der Waals surface area (Å²) in [6.45, 7) is 5.38. The molecule has 0 aromatic carbocycles. The highest BCUT2D eigenvalue weighted by Gasteiger charge is 2.21. The van der Waals surface area contributed by atoms with Crippen molar-refractivity contribution in [3.63, 3.8) is 0 Å². The number of aryl methyl sites for hydroxylation is 2. The summed E-state index contributed by atoms with van der Waals surface area (Å²) in [5.74, 6) is 0.641. The van der Waals surface area contributed by atoms with Crippen molar-refractivity contribution >= 4 is 15.9 Å². The Balaban J connectivity index is 1.91. The van der Waals surface area contributed by atoms with Crippen LogP contribution in [0.1, 0.15) is 16.8 Å². The third-order valence-electron chi connectivity index (χ3n) is 3.39. The standard InChI is InChI=1S/C14H15N5O3S/c1-9-4-5-15-13(6-9)19-8-12(7-16-19)23(20,21)18-14-10(2)11(3)17-22-14/h4-8,18H,1-3H3. The smallest absolute Gasteiger partial charge is 0.267 e. The lowest BCUT2D eigenvalue weighted by molar-refractivity contribution is 0.430. The number of hydrogen-bond donors (Lipinski definition) is 1. The van der Waals surface area contributed by atoms with Crippen molar-refractivity contribution in [1.29, 1.82) is 0 Å². The minimum atomic E-state index is -3.81. The van der Waals surface area contributed by atoms with Gasteiger partial charge in [0, 0.05) is 11.8 Å². The van der Waals surface area contributed by atoms with E-state index in [1.807, 2.05) is 13.0 Å². The van der Waals surface area contributed by atoms with Gasteiger partial charge in [0.05, 0.1) is 18.1 Å². The molecule has 120 valence electrons. The number of aromatic nitrogens is 4. The third-order valence-corrected chi connectivity index (χ3v) is 4.67. The first kappa shape index (κ1) is 15.2. The first-order valence-corrected chi connectivity index (χ1v) is 8.28. The lowest BCUT2D eigenvalue weighted by atomic mass is 10.3. The minimum Gasteiger partial charge on any atom is -0.337 e. The van der Waals surface area contributed by atoms with E-state index in [9.17, 15) is 8.42 Å². The summed E-state index contributed by atoms with van der Waals surface area (Å²) >= 11 is 0. The van der Waals surface area contributed by atoms with Gasteiger partial charge in [0.25, 0.3) is 10.0 Å². The summed E-state index contributed by atoms with van der Waals surface area (Å²) in [6.07, 6.45) is 4.28. The molecule has 9 heteroatoms. The molecular formula is C14H15N5O3S. The molecule has 1 N–H and O–H groups in total. The largest absolute Gasteiger partial charge is 0.337 e. The Labute approximate surface area is 133 Å². The molecule has 3 aromatic heterocycles. The van der Waals surface area contributed by atoms with E-state index in [0.717, 1.165) is 5.56 Å². The van der Waals surface area contributed by atoms with E-state index >= 15 is 0 Å². The molecule has 3 heterocycles. The van der Waals surface area contributed by atoms with Crippen molar-refractivity contribution in [3.05, 3.63) is 47.5 Å². The van der Waals surface area contributed by atoms with Gasteiger partial charge in [-0.05, 0) is 38.5 Å². The van der Waals surface area contributed by atoms with E-state index in [4.69, 9.17) is 4.52 Å². The maximum Gasteiger partial charge on any atom is 0.267 e. The van der Waals surface area contributed by atoms with Gasteiger partial charge in [-0.3, -0.25) is 0 Å². The van der Waals surface area contributed by atoms with Gasteiger partial charge in [-0.15, -0.1) is 0 Å². The Morgan fingerprint density at radius 2 is 2.04 bits per heavy atom. The SMILES string of the molecule is Cc1ccnc(-n2cc(S(=O)(=O)Nc3onc(C)c3C)cn2)c1. The molecule has 0 saturated heterocycles. The van der Waals surface area contributed by atoms with Crippen LogP contribution in [-0.4, -0.2) is 28.3 Å². The predicted octanol–water partition coefficient (Wildman–Crippen LogP) is 1.98. The summed E-state index contributed by atoms with van der Waals surface area (Å²) in [5, 5.41) is 7.78. The first-order valence-electron chi connectivity index (χ1n) is 6.80. The van der Waals surface area contributed by atoms with E-state index < -0.39 is 10.0 Å². The molecule has 8 nitrogen and oxygen atoms in total. The second-order valence-corrected chi connectivity index (χ2v) is 6.82. The fourth-order valence-corrected chi connectivity index (χ4v) is 2.88. The molecule has 0 aliphatic carbocycles. The zero-order valence-electron chi connectivity index (χ0n) is 12.8. The van der Waals surface area contributed by atoms with Crippen LogP contribution in [-0.2, 0) is 10.0 Å². The Morgan fingerprint density at radius 1 is 1.26 bits per heavy atom. The molecule has 0 spiro atoms. The van der Waals surface area contributed by atoms with Crippen molar-refractivity contribution in [1.82, 2.24) is 19.9 Å². The average Bonchev–Trinajstić information content (AvgIpc) is 3.11. The number of anilines is 1. The molecule has 0 fully saturated rings. The lowest BCUT2D eigenvalue weighted by Gasteiger charge is -2.03. The highest BCUT2D eigenvalue weighted by molar-refractivity contribution is 7.92. The number of hydrogen-bond acceptors (Lipinski definition) is 6. The molecule has 0 atom stereocenters. The number of nitrogens with one attached hydrogen (secondary N) is 1. The second kappa shape index (κ2) is 5.51. The van der Waals surface area contributed by atoms with Gasteiger partial charge in [0.15, 0.2) is 5.82 Å². The molecule has 0 unspecified atom stereocenters. The molecule has 3 rings (SSSR count). The predicted molar refractivity (Wildman–Crippen MR) is 82.9 cm³/mol. The van der Waals surface area contributed by atoms with Crippen LogP contribution >= 0.6 is 0 Å². The van der Waals surface area contributed by atoms with Gasteiger partial charge in [-0.2, -0.15) is 5.10 Å². The molecule has 23 heavy (non-hydrogen) atoms. The topological polar surface area (TPSA) is 103 Å². The summed E-state index contributed by atoms with van der Waals surface area (Å²) in [4.78, 5) is 4.17. The third kappa shape index (κ3) is 2.95. The zero-order valence-corrected chi connectivity index (χ0v) is 13.6. The molecule has 0 radical (unpaired) electrons. The van der Waals surface area contributed by atoms with Crippen LogP contribution < -0.4 is 4.72 Å². The maximum absolute atomic E-state index is 12.4. The molecule has 3 aromatic rings. The summed E-state index contributed by atoms with van der Waals surface area (Å²) < 4.78 is 33.6. The molecule has 0 aliphatic heterocycles. The van der Waals surface area contributed by atoms with Crippen LogP contribution in [0.5, 0.6) is 0 Å². The Kier molecular flexibility index (Phi) is 3.64. The summed E-state index contributed by atoms with van der Waals surface area (Å²) in [5.41, 5.74) is 2.27. The number of rotatable bonds is 4. The van der Waals surface area contributed by atoms with Gasteiger partial charge >= 0.3 is 0 Å². The summed E-state index contributed by atoms with van der Waals surface area (Å²) in [7, 11) is -3.81. The van der Waals surface area contributed by atoms with Gasteiger partial charge in [-0.1, -0.05) is 5.16 Å². The zero-order chi connectivity index (χ0) is 16.6. The van der Waals surface area contributed by atoms with Crippen molar-refractivity contribution in [2.45, 2.75) is 25.7 Å². The fourth-order valence-electron chi connectivity index (χ4n) is 1.91. The normalized spacial score (nSPS) is 11.6. The first-order chi connectivity index (χ1) is 10.9. The van der Waals surface area contributed by atoms with E-state index in [2.05, 4.69) is 20.0 Å². The quantitative estimate of drug-likeness (QED) is 0.783. The van der Waals surface area contributed by atoms with Crippen LogP contribution in [0, 0.1) is 20.8 Å². The lowest BCUT2D eigenvalue weighted by Crippen LogP contribution is -2.12. The highest BCUT2D eigenvalue weighted by atomic mass is 32.2. The molecule has 0 bridgehead atoms. The second-order valence-electron chi connectivity index (χ2n) is 5.14. The molecule has 0 amide bonds. The van der Waals surface area contributed by atoms with Gasteiger partial charge in [-0.25, -0.2) is 22.8 Å². The van der Waals surface area contributed by atoms with Crippen LogP contribution in [0.4, 0.5) is 5.88 Å². The van der Waals surface area contributed by atoms with Gasteiger partial charge in [0.2, 0.25) is 5.88 Å². The average molecular weight is 333 g/mol. The van der Waals surface area contributed by atoms with E-state index in [-0.39, 0.29) is 10.8 Å². The monoisotopic (exact) mass is 333 g/mol. The van der Waals surface area contributed by atoms with Gasteiger partial charge < -0.3 is 4.52 Å². The maximum atomic E-state index is 12.4. The molecule has 0 aliphatic rings. The Bertz CT molecular complexity index is 958. The Hall–Kier alpha value is -2.68. The van der Waals surface area contributed by atoms with Crippen LogP contribution in [0.15, 0.2) is 40.1 Å². The fraction of sp³-hybridized carbons (Fsp3) is 0.214. The highest BCUT2D eigenvalue weighted by Crippen LogP contribution is 2.21. The number of nitrogens with zero attached hydrogens (tertiary/aromatic N) is 4. The van der Waals surface area contributed by atoms with E-state index in [1.54, 1.807) is 26.1 Å². The van der Waals surface area contributed by atoms with Crippen molar-refractivity contribution in [2.75, 3.05) is 4.72 Å². The van der Waals surface area contributed by atoms with Crippen molar-refractivity contribution in [3.8, 4) is 5.82 Å². The van der Waals surface area contributed by atoms with E-state index in [0.29, 0.717) is 17.1 Å². The summed E-state index contributed by atoms with van der Waals surface area (Å²) in [6, 6.07) is 3.65. The van der Waals surface area contributed by atoms with Crippen molar-refractivity contribution < 1.29 is 12.9 Å². The van der Waals surface area contributed by atoms with E-state index in [1.165, 1.54) is 17.1 Å². The number of sulfonamides is 1. The van der Waals surface area contributed by atoms with Crippen molar-refractivity contribution in [2.24, 2.45) is 0 Å². The molecule has 0 saturated carbocycles.